The van der Waals surface area contributed by atoms with E-state index in [-0.39, 0.29) is 24.3 Å². The molecule has 0 bridgehead atoms. The smallest absolute Gasteiger partial charge is 0.340 e. The van der Waals surface area contributed by atoms with Crippen LogP contribution in [0.2, 0.25) is 0 Å². The minimum atomic E-state index is -2.11. The number of rotatable bonds is 4. The number of alkyl halides is 1. The van der Waals surface area contributed by atoms with E-state index in [1.807, 2.05) is 0 Å². The van der Waals surface area contributed by atoms with Crippen LogP contribution in [0.15, 0.2) is 24.3 Å². The molecular weight excluding hydrogens is 392 g/mol. The SMILES string of the molecule is C=C1C(=O)O[C@H]2[C@H]1[C@@H](OC(=O)[C@@](C)(O)CO)CC(=C)[C@@H]1C[C@H](O)[C@@](O)(CCl)[C@H]21. The Morgan fingerprint density at radius 1 is 1.46 bits per heavy atom. The molecule has 0 amide bonds. The van der Waals surface area contributed by atoms with Crippen LogP contribution in [0, 0.1) is 17.8 Å². The highest BCUT2D eigenvalue weighted by atomic mass is 35.5. The lowest BCUT2D eigenvalue weighted by Gasteiger charge is -2.37. The molecule has 3 fully saturated rings. The highest BCUT2D eigenvalue weighted by Gasteiger charge is 2.64. The minimum Gasteiger partial charge on any atom is -0.459 e. The molecule has 1 heterocycles. The van der Waals surface area contributed by atoms with Gasteiger partial charge in [-0.3, -0.25) is 0 Å². The van der Waals surface area contributed by atoms with Crippen molar-refractivity contribution < 1.29 is 39.5 Å². The zero-order valence-electron chi connectivity index (χ0n) is 15.5. The summed E-state index contributed by atoms with van der Waals surface area (Å²) in [6.07, 6.45) is -2.70. The van der Waals surface area contributed by atoms with Crippen molar-refractivity contribution in [3.8, 4) is 0 Å². The van der Waals surface area contributed by atoms with Gasteiger partial charge in [-0.1, -0.05) is 18.7 Å². The number of ether oxygens (including phenoxy) is 2. The third-order valence-corrected chi connectivity index (χ3v) is 6.72. The lowest BCUT2D eigenvalue weighted by atomic mass is 9.76. The van der Waals surface area contributed by atoms with Crippen molar-refractivity contribution in [2.24, 2.45) is 17.8 Å². The summed E-state index contributed by atoms with van der Waals surface area (Å²) in [7, 11) is 0. The lowest BCUT2D eigenvalue weighted by molar-refractivity contribution is -0.177. The highest BCUT2D eigenvalue weighted by Crippen LogP contribution is 2.55. The number of carbonyl (C=O) groups excluding carboxylic acids is 2. The van der Waals surface area contributed by atoms with Crippen molar-refractivity contribution in [3.05, 3.63) is 24.3 Å². The van der Waals surface area contributed by atoms with E-state index >= 15 is 0 Å². The molecule has 3 aliphatic rings. The van der Waals surface area contributed by atoms with Gasteiger partial charge < -0.3 is 29.9 Å². The molecule has 8 nitrogen and oxygen atoms in total. The summed E-state index contributed by atoms with van der Waals surface area (Å²) in [5.74, 6) is -3.99. The molecule has 0 unspecified atom stereocenters. The van der Waals surface area contributed by atoms with E-state index < -0.39 is 65.8 Å². The molecule has 0 spiro atoms. The van der Waals surface area contributed by atoms with Gasteiger partial charge in [0.05, 0.1) is 24.5 Å². The Bertz CT molecular complexity index is 719. The van der Waals surface area contributed by atoms with E-state index in [0.717, 1.165) is 6.92 Å². The third kappa shape index (κ3) is 3.07. The second-order valence-corrected chi connectivity index (χ2v) is 8.43. The summed E-state index contributed by atoms with van der Waals surface area (Å²) in [5.41, 5.74) is -3.15. The average molecular weight is 417 g/mol. The zero-order valence-corrected chi connectivity index (χ0v) is 16.3. The van der Waals surface area contributed by atoms with Gasteiger partial charge >= 0.3 is 11.9 Å². The molecule has 0 aromatic heterocycles. The van der Waals surface area contributed by atoms with Crippen LogP contribution in [0.4, 0.5) is 0 Å². The molecule has 0 aromatic carbocycles. The van der Waals surface area contributed by atoms with Gasteiger partial charge in [0.15, 0.2) is 5.60 Å². The first kappa shape index (κ1) is 21.3. The number of carbonyl (C=O) groups is 2. The quantitative estimate of drug-likeness (QED) is 0.212. The fourth-order valence-corrected chi connectivity index (χ4v) is 4.95. The van der Waals surface area contributed by atoms with Gasteiger partial charge in [0.1, 0.15) is 17.8 Å². The molecule has 2 saturated carbocycles. The van der Waals surface area contributed by atoms with Crippen molar-refractivity contribution in [1.82, 2.24) is 0 Å². The van der Waals surface area contributed by atoms with Crippen LogP contribution in [-0.4, -0.2) is 74.4 Å². The van der Waals surface area contributed by atoms with E-state index in [0.29, 0.717) is 5.57 Å². The Morgan fingerprint density at radius 3 is 2.68 bits per heavy atom. The fraction of sp³-hybridized carbons (Fsp3) is 0.684. The summed E-state index contributed by atoms with van der Waals surface area (Å²) in [4.78, 5) is 24.6. The lowest BCUT2D eigenvalue weighted by Crippen LogP contribution is -2.52. The third-order valence-electron chi connectivity index (χ3n) is 6.29. The molecule has 28 heavy (non-hydrogen) atoms. The first-order valence-corrected chi connectivity index (χ1v) is 9.59. The molecule has 1 saturated heterocycles. The first-order valence-electron chi connectivity index (χ1n) is 9.06. The predicted octanol–water partition coefficient (Wildman–Crippen LogP) is -0.334. The van der Waals surface area contributed by atoms with Crippen molar-refractivity contribution in [2.75, 3.05) is 12.5 Å². The van der Waals surface area contributed by atoms with Gasteiger partial charge in [-0.05, 0) is 19.3 Å². The van der Waals surface area contributed by atoms with Crippen LogP contribution in [0.25, 0.3) is 0 Å². The normalized spacial score (nSPS) is 42.3. The van der Waals surface area contributed by atoms with Crippen LogP contribution in [0.3, 0.4) is 0 Å². The van der Waals surface area contributed by atoms with Crippen molar-refractivity contribution in [2.45, 2.75) is 49.3 Å². The Labute approximate surface area is 167 Å². The van der Waals surface area contributed by atoms with E-state index in [1.54, 1.807) is 0 Å². The zero-order chi connectivity index (χ0) is 21.0. The highest BCUT2D eigenvalue weighted by molar-refractivity contribution is 6.18. The second kappa shape index (κ2) is 7.11. The molecule has 3 rings (SSSR count). The molecule has 1 aliphatic heterocycles. The largest absolute Gasteiger partial charge is 0.459 e. The average Bonchev–Trinajstić information content (AvgIpc) is 3.04. The van der Waals surface area contributed by atoms with Gasteiger partial charge in [-0.15, -0.1) is 11.6 Å². The van der Waals surface area contributed by atoms with Crippen LogP contribution >= 0.6 is 11.6 Å². The Hall–Kier alpha value is -1.45. The maximum atomic E-state index is 12.3. The van der Waals surface area contributed by atoms with Gasteiger partial charge in [-0.25, -0.2) is 9.59 Å². The van der Waals surface area contributed by atoms with E-state index in [2.05, 4.69) is 13.2 Å². The number of aliphatic hydroxyl groups is 4. The van der Waals surface area contributed by atoms with Gasteiger partial charge in [0.25, 0.3) is 0 Å². The van der Waals surface area contributed by atoms with Crippen LogP contribution in [-0.2, 0) is 19.1 Å². The van der Waals surface area contributed by atoms with Crippen molar-refractivity contribution in [1.29, 1.82) is 0 Å². The molecule has 8 atom stereocenters. The molecule has 2 aliphatic carbocycles. The Balaban J connectivity index is 2.01. The number of halogens is 1. The summed E-state index contributed by atoms with van der Waals surface area (Å²) < 4.78 is 10.9. The number of fused-ring (bicyclic) bond motifs is 3. The van der Waals surface area contributed by atoms with Gasteiger partial charge in [-0.2, -0.15) is 0 Å². The van der Waals surface area contributed by atoms with E-state index in [9.17, 15) is 30.0 Å². The predicted molar refractivity (Wildman–Crippen MR) is 97.1 cm³/mol. The summed E-state index contributed by atoms with van der Waals surface area (Å²) in [5, 5.41) is 40.6. The number of esters is 2. The summed E-state index contributed by atoms with van der Waals surface area (Å²) in [6, 6.07) is 0. The minimum absolute atomic E-state index is 0.0678. The second-order valence-electron chi connectivity index (χ2n) is 8.17. The summed E-state index contributed by atoms with van der Waals surface area (Å²) in [6.45, 7) is 8.04. The molecule has 9 heteroatoms. The van der Waals surface area contributed by atoms with Gasteiger partial charge in [0, 0.05) is 17.9 Å². The molecule has 4 N–H and O–H groups in total. The van der Waals surface area contributed by atoms with Crippen LogP contribution in [0.1, 0.15) is 19.8 Å². The number of aliphatic hydroxyl groups excluding tert-OH is 2. The topological polar surface area (TPSA) is 134 Å². The molecule has 0 radical (unpaired) electrons. The van der Waals surface area contributed by atoms with Crippen molar-refractivity contribution in [3.63, 3.8) is 0 Å². The number of hydrogen-bond donors (Lipinski definition) is 4. The maximum absolute atomic E-state index is 12.3. The number of hydrogen-bond acceptors (Lipinski definition) is 8. The fourth-order valence-electron chi connectivity index (χ4n) is 4.59. The molecule has 0 aromatic rings. The maximum Gasteiger partial charge on any atom is 0.340 e. The standard InChI is InChI=1S/C19H25ClO8/c1-8-4-11(27-17(24)18(3,25)7-21)13-9(2)16(23)28-15(13)14-10(8)5-12(22)19(14,26)6-20/h10-15,21-22,25-26H,1-2,4-7H2,3H3/t10-,11-,12-,13+,14-,15-,18-,19-/m0/s1. The van der Waals surface area contributed by atoms with Crippen LogP contribution in [0.5, 0.6) is 0 Å². The van der Waals surface area contributed by atoms with E-state index in [1.165, 1.54) is 0 Å². The van der Waals surface area contributed by atoms with Crippen molar-refractivity contribution >= 4 is 23.5 Å². The molecule has 156 valence electrons. The first-order chi connectivity index (χ1) is 13.0. The van der Waals surface area contributed by atoms with Crippen LogP contribution < -0.4 is 0 Å². The molecular formula is C19H25ClO8. The summed E-state index contributed by atoms with van der Waals surface area (Å²) >= 11 is 5.98. The van der Waals surface area contributed by atoms with E-state index in [4.69, 9.17) is 21.1 Å². The Morgan fingerprint density at radius 2 is 2.11 bits per heavy atom. The van der Waals surface area contributed by atoms with Gasteiger partial charge in [0.2, 0.25) is 0 Å². The monoisotopic (exact) mass is 416 g/mol. The Kier molecular flexibility index (Phi) is 5.40.